The number of hydrogen-bond acceptors (Lipinski definition) is 7. The Morgan fingerprint density at radius 3 is 2.88 bits per heavy atom. The predicted molar refractivity (Wildman–Crippen MR) is 131 cm³/mol. The molecule has 2 aromatic carbocycles. The Kier molecular flexibility index (Phi) is 5.29. The fraction of sp³-hybridized carbons (Fsp3) is 0.250. The van der Waals surface area contributed by atoms with Crippen LogP contribution in [0.3, 0.4) is 0 Å². The summed E-state index contributed by atoms with van der Waals surface area (Å²) in [5.74, 6) is 1.26. The minimum atomic E-state index is -0.136. The Bertz CT molecular complexity index is 1330. The summed E-state index contributed by atoms with van der Waals surface area (Å²) in [6.07, 6.45) is 1.73. The third kappa shape index (κ3) is 4.30. The molecule has 0 saturated carbocycles. The number of nitrogens with zero attached hydrogens (tertiary/aromatic N) is 4. The van der Waals surface area contributed by atoms with Crippen LogP contribution in [0.5, 0.6) is 0 Å². The number of nitrogen functional groups attached to an aromatic ring is 2. The first-order valence-electron chi connectivity index (χ1n) is 11.0. The lowest BCUT2D eigenvalue weighted by Gasteiger charge is -2.33. The van der Waals surface area contributed by atoms with E-state index in [0.29, 0.717) is 18.1 Å². The van der Waals surface area contributed by atoms with Crippen LogP contribution in [0.1, 0.15) is 18.4 Å². The maximum atomic E-state index is 12.9. The van der Waals surface area contributed by atoms with Gasteiger partial charge in [-0.25, -0.2) is 4.98 Å². The van der Waals surface area contributed by atoms with Crippen molar-refractivity contribution in [3.05, 3.63) is 54.1 Å². The van der Waals surface area contributed by atoms with Crippen LogP contribution in [-0.2, 0) is 4.79 Å². The maximum Gasteiger partial charge on any atom is 0.229 e. The molecule has 1 unspecified atom stereocenters. The number of amides is 1. The first-order chi connectivity index (χ1) is 16.0. The molecule has 1 aliphatic rings. The summed E-state index contributed by atoms with van der Waals surface area (Å²) in [6, 6.07) is 15.5. The van der Waals surface area contributed by atoms with Crippen molar-refractivity contribution in [2.45, 2.75) is 19.8 Å². The molecule has 2 aromatic heterocycles. The van der Waals surface area contributed by atoms with Crippen LogP contribution in [0.15, 0.2) is 48.5 Å². The van der Waals surface area contributed by atoms with Gasteiger partial charge in [-0.3, -0.25) is 9.89 Å². The fourth-order valence-corrected chi connectivity index (χ4v) is 4.33. The molecule has 6 N–H and O–H groups in total. The van der Waals surface area contributed by atoms with Crippen molar-refractivity contribution in [2.24, 2.45) is 5.92 Å². The van der Waals surface area contributed by atoms with Gasteiger partial charge in [0.1, 0.15) is 5.82 Å². The first kappa shape index (κ1) is 20.7. The summed E-state index contributed by atoms with van der Waals surface area (Å²) in [5, 5.41) is 10.9. The van der Waals surface area contributed by atoms with Gasteiger partial charge in [-0.05, 0) is 49.6 Å². The van der Waals surface area contributed by atoms with Crippen LogP contribution < -0.4 is 21.7 Å². The van der Waals surface area contributed by atoms with Crippen LogP contribution in [-0.4, -0.2) is 39.2 Å². The number of hydrogen-bond donors (Lipinski definition) is 4. The Morgan fingerprint density at radius 1 is 1.15 bits per heavy atom. The van der Waals surface area contributed by atoms with E-state index < -0.39 is 0 Å². The van der Waals surface area contributed by atoms with Crippen LogP contribution in [0.2, 0.25) is 0 Å². The molecule has 0 radical (unpaired) electrons. The van der Waals surface area contributed by atoms with Crippen LogP contribution in [0.25, 0.3) is 22.2 Å². The summed E-state index contributed by atoms with van der Waals surface area (Å²) in [5.41, 5.74) is 16.3. The molecule has 3 heterocycles. The van der Waals surface area contributed by atoms with E-state index in [0.717, 1.165) is 52.9 Å². The Balaban J connectivity index is 1.37. The quantitative estimate of drug-likeness (QED) is 0.380. The highest BCUT2D eigenvalue weighted by atomic mass is 16.1. The van der Waals surface area contributed by atoms with E-state index in [4.69, 9.17) is 11.5 Å². The molecule has 1 fully saturated rings. The van der Waals surface area contributed by atoms with Crippen molar-refractivity contribution in [3.8, 4) is 11.3 Å². The average Bonchev–Trinajstić information content (AvgIpc) is 3.19. The van der Waals surface area contributed by atoms with Gasteiger partial charge in [-0.2, -0.15) is 10.1 Å². The van der Waals surface area contributed by atoms with Gasteiger partial charge in [0.05, 0.1) is 17.1 Å². The second-order valence-corrected chi connectivity index (χ2v) is 8.48. The van der Waals surface area contributed by atoms with Gasteiger partial charge in [0.15, 0.2) is 5.82 Å². The highest BCUT2D eigenvalue weighted by molar-refractivity contribution is 5.93. The van der Waals surface area contributed by atoms with E-state index in [1.165, 1.54) is 0 Å². The second-order valence-electron chi connectivity index (χ2n) is 8.48. The van der Waals surface area contributed by atoms with E-state index >= 15 is 0 Å². The zero-order valence-electron chi connectivity index (χ0n) is 18.4. The van der Waals surface area contributed by atoms with Crippen molar-refractivity contribution in [3.63, 3.8) is 0 Å². The topological polar surface area (TPSA) is 139 Å². The number of H-pyrrole nitrogens is 1. The molecular weight excluding hydrogens is 416 g/mol. The van der Waals surface area contributed by atoms with E-state index in [9.17, 15) is 4.79 Å². The molecule has 0 aliphatic carbocycles. The van der Waals surface area contributed by atoms with Gasteiger partial charge in [0, 0.05) is 35.8 Å². The number of piperidine rings is 1. The fourth-order valence-electron chi connectivity index (χ4n) is 4.33. The van der Waals surface area contributed by atoms with Crippen LogP contribution in [0.4, 0.5) is 23.3 Å². The summed E-state index contributed by atoms with van der Waals surface area (Å²) in [4.78, 5) is 23.9. The minimum absolute atomic E-state index is 0.0230. The van der Waals surface area contributed by atoms with E-state index in [-0.39, 0.29) is 17.8 Å². The number of carbonyl (C=O) groups excluding carboxylic acids is 1. The minimum Gasteiger partial charge on any atom is -0.382 e. The van der Waals surface area contributed by atoms with E-state index in [1.807, 2.05) is 55.5 Å². The number of fused-ring (bicyclic) bond motifs is 1. The van der Waals surface area contributed by atoms with Crippen molar-refractivity contribution in [1.82, 2.24) is 20.2 Å². The first-order valence-corrected chi connectivity index (χ1v) is 11.0. The average molecular weight is 443 g/mol. The Labute approximate surface area is 191 Å². The third-order valence-electron chi connectivity index (χ3n) is 6.02. The predicted octanol–water partition coefficient (Wildman–Crippen LogP) is 3.35. The van der Waals surface area contributed by atoms with E-state index in [1.54, 1.807) is 0 Å². The van der Waals surface area contributed by atoms with Crippen LogP contribution >= 0.6 is 0 Å². The molecule has 4 aromatic rings. The SMILES string of the molecule is Cc1cccc(NC(=O)C2CCCN(c3cc(-c4ccc5c(N)n[nH]c5c4)nc(N)n3)C2)c1. The van der Waals surface area contributed by atoms with Gasteiger partial charge in [-0.15, -0.1) is 0 Å². The highest BCUT2D eigenvalue weighted by Gasteiger charge is 2.27. The lowest BCUT2D eigenvalue weighted by atomic mass is 9.97. The number of nitrogens with one attached hydrogen (secondary N) is 2. The summed E-state index contributed by atoms with van der Waals surface area (Å²) >= 11 is 0. The number of carbonyl (C=O) groups is 1. The van der Waals surface area contributed by atoms with E-state index in [2.05, 4.69) is 30.4 Å². The lowest BCUT2D eigenvalue weighted by Crippen LogP contribution is -2.41. The number of rotatable bonds is 4. The van der Waals surface area contributed by atoms with Gasteiger partial charge in [0.2, 0.25) is 11.9 Å². The van der Waals surface area contributed by atoms with Gasteiger partial charge in [-0.1, -0.05) is 18.2 Å². The van der Waals surface area contributed by atoms with Gasteiger partial charge in [0.25, 0.3) is 0 Å². The zero-order valence-corrected chi connectivity index (χ0v) is 18.4. The Morgan fingerprint density at radius 2 is 2.03 bits per heavy atom. The summed E-state index contributed by atoms with van der Waals surface area (Å²) in [7, 11) is 0. The standard InChI is InChI=1S/C24H26N8O/c1-14-4-2-6-17(10-14)27-23(33)16-5-3-9-32(13-16)21-12-19(28-24(26)29-21)15-7-8-18-20(11-15)30-31-22(18)25/h2,4,6-8,10-12,16H,3,5,9,13H2,1H3,(H,27,33)(H3,25,30,31)(H2,26,28,29). The molecule has 9 heteroatoms. The molecule has 9 nitrogen and oxygen atoms in total. The largest absolute Gasteiger partial charge is 0.382 e. The van der Waals surface area contributed by atoms with Crippen molar-refractivity contribution < 1.29 is 4.79 Å². The highest BCUT2D eigenvalue weighted by Crippen LogP contribution is 2.29. The normalized spacial score (nSPS) is 16.2. The van der Waals surface area contributed by atoms with Crippen molar-refractivity contribution in [1.29, 1.82) is 0 Å². The molecule has 1 atom stereocenters. The number of aryl methyl sites for hydroxylation is 1. The lowest BCUT2D eigenvalue weighted by molar-refractivity contribution is -0.120. The molecule has 1 aliphatic heterocycles. The molecule has 0 bridgehead atoms. The summed E-state index contributed by atoms with van der Waals surface area (Å²) in [6.45, 7) is 3.39. The van der Waals surface area contributed by atoms with Gasteiger partial charge < -0.3 is 21.7 Å². The second kappa shape index (κ2) is 8.42. The number of benzene rings is 2. The van der Waals surface area contributed by atoms with Crippen LogP contribution in [0, 0.1) is 12.8 Å². The molecule has 33 heavy (non-hydrogen) atoms. The number of aromatic amines is 1. The Hall–Kier alpha value is -4.14. The van der Waals surface area contributed by atoms with Crippen molar-refractivity contribution >= 4 is 40.1 Å². The molecule has 1 amide bonds. The molecule has 1 saturated heterocycles. The zero-order chi connectivity index (χ0) is 22.9. The molecule has 0 spiro atoms. The monoisotopic (exact) mass is 442 g/mol. The number of nitrogens with two attached hydrogens (primary N) is 2. The number of aromatic nitrogens is 4. The van der Waals surface area contributed by atoms with Crippen molar-refractivity contribution in [2.75, 3.05) is 34.8 Å². The third-order valence-corrected chi connectivity index (χ3v) is 6.02. The smallest absolute Gasteiger partial charge is 0.229 e. The summed E-state index contributed by atoms with van der Waals surface area (Å²) < 4.78 is 0. The molecule has 5 rings (SSSR count). The maximum absolute atomic E-state index is 12.9. The molecule has 168 valence electrons. The molecular formula is C24H26N8O. The van der Waals surface area contributed by atoms with Gasteiger partial charge >= 0.3 is 0 Å². The number of anilines is 4.